The molecule has 0 unspecified atom stereocenters. The van der Waals surface area contributed by atoms with E-state index in [0.717, 1.165) is 0 Å². The molecular weight excluding hydrogens is 278 g/mol. The van der Waals surface area contributed by atoms with Crippen molar-refractivity contribution in [2.24, 2.45) is 0 Å². The number of hydrogen-bond acceptors (Lipinski definition) is 1. The van der Waals surface area contributed by atoms with Gasteiger partial charge in [0, 0.05) is 0 Å². The molecule has 0 aromatic heterocycles. The van der Waals surface area contributed by atoms with Gasteiger partial charge in [-0.3, -0.25) is 0 Å². The second-order valence-electron chi connectivity index (χ2n) is 1.24. The summed E-state index contributed by atoms with van der Waals surface area (Å²) in [5.74, 6) is 0. The average Bonchev–Trinajstić information content (AvgIpc) is 1.69. The SMILES string of the molecule is CC1=C[CH]=[Re]=[CH]S1. The molecule has 0 spiro atoms. The molecular formula is C5H6ReS. The first-order valence-corrected chi connectivity index (χ1v) is 6.01. The predicted octanol–water partition coefficient (Wildman–Crippen LogP) is 1.28. The van der Waals surface area contributed by atoms with Gasteiger partial charge in [0.05, 0.1) is 0 Å². The number of hydrogen-bond donors (Lipinski definition) is 0. The van der Waals surface area contributed by atoms with E-state index in [0.29, 0.717) is 0 Å². The molecule has 0 aromatic rings. The third-order valence-corrected chi connectivity index (χ3v) is 4.40. The molecule has 0 saturated carbocycles. The van der Waals surface area contributed by atoms with Gasteiger partial charge in [-0.2, -0.15) is 0 Å². The maximum atomic E-state index is 2.36. The van der Waals surface area contributed by atoms with Crippen molar-refractivity contribution in [3.05, 3.63) is 11.0 Å². The molecule has 0 atom stereocenters. The minimum absolute atomic E-state index is 0.0119. The first-order chi connectivity index (χ1) is 3.39. The van der Waals surface area contributed by atoms with Gasteiger partial charge in [-0.05, 0) is 0 Å². The molecule has 0 radical (unpaired) electrons. The van der Waals surface area contributed by atoms with Crippen LogP contribution in [0, 0.1) is 0 Å². The quantitative estimate of drug-likeness (QED) is 0.646. The third kappa shape index (κ3) is 1.82. The van der Waals surface area contributed by atoms with Crippen molar-refractivity contribution in [3.8, 4) is 0 Å². The fourth-order valence-electron chi connectivity index (χ4n) is 0.290. The van der Waals surface area contributed by atoms with Crippen LogP contribution in [0.25, 0.3) is 0 Å². The summed E-state index contributed by atoms with van der Waals surface area (Å²) < 4.78 is 4.68. The monoisotopic (exact) mass is 285 g/mol. The van der Waals surface area contributed by atoms with Crippen LogP contribution in [0.1, 0.15) is 6.92 Å². The van der Waals surface area contributed by atoms with Crippen molar-refractivity contribution in [1.29, 1.82) is 0 Å². The number of thioether (sulfide) groups is 1. The molecule has 1 aliphatic rings. The van der Waals surface area contributed by atoms with Crippen LogP contribution >= 0.6 is 11.8 Å². The van der Waals surface area contributed by atoms with Gasteiger partial charge >= 0.3 is 55.0 Å². The molecule has 0 aliphatic carbocycles. The minimum atomic E-state index is 0.0119. The Bertz CT molecular complexity index is 151. The summed E-state index contributed by atoms with van der Waals surface area (Å²) in [6.45, 7) is 2.15. The maximum absolute atomic E-state index is 2.36. The van der Waals surface area contributed by atoms with Crippen molar-refractivity contribution < 1.29 is 17.1 Å². The second-order valence-corrected chi connectivity index (χ2v) is 6.02. The molecule has 0 aromatic carbocycles. The summed E-state index contributed by atoms with van der Waals surface area (Å²) in [6, 6.07) is 0. The fourth-order valence-corrected chi connectivity index (χ4v) is 4.65. The summed E-state index contributed by atoms with van der Waals surface area (Å²) in [5.41, 5.74) is 0. The van der Waals surface area contributed by atoms with E-state index < -0.39 is 0 Å². The van der Waals surface area contributed by atoms with Crippen molar-refractivity contribution >= 4 is 20.1 Å². The Balaban J connectivity index is 2.77. The first-order valence-electron chi connectivity index (χ1n) is 2.00. The second kappa shape index (κ2) is 2.72. The molecule has 1 heterocycles. The molecule has 7 heavy (non-hydrogen) atoms. The average molecular weight is 284 g/mol. The van der Waals surface area contributed by atoms with E-state index in [1.54, 1.807) is 0 Å². The van der Waals surface area contributed by atoms with Crippen LogP contribution < -0.4 is 0 Å². The topological polar surface area (TPSA) is 0 Å². The van der Waals surface area contributed by atoms with Crippen molar-refractivity contribution in [1.82, 2.24) is 0 Å². The van der Waals surface area contributed by atoms with Gasteiger partial charge in [-0.25, -0.2) is 0 Å². The number of rotatable bonds is 0. The van der Waals surface area contributed by atoms with Crippen LogP contribution in [0.5, 0.6) is 0 Å². The van der Waals surface area contributed by atoms with Crippen LogP contribution in [0.15, 0.2) is 11.0 Å². The molecule has 0 nitrogen and oxygen atoms in total. The van der Waals surface area contributed by atoms with E-state index >= 15 is 0 Å². The van der Waals surface area contributed by atoms with Crippen molar-refractivity contribution in [3.63, 3.8) is 0 Å². The summed E-state index contributed by atoms with van der Waals surface area (Å²) in [7, 11) is 0. The first kappa shape index (κ1) is 5.63. The van der Waals surface area contributed by atoms with Gasteiger partial charge < -0.3 is 0 Å². The van der Waals surface area contributed by atoms with Crippen LogP contribution in [0.4, 0.5) is 0 Å². The molecule has 39 valence electrons. The molecule has 2 heteroatoms. The van der Waals surface area contributed by atoms with Gasteiger partial charge in [0.15, 0.2) is 0 Å². The zero-order valence-electron chi connectivity index (χ0n) is 4.02. The van der Waals surface area contributed by atoms with Gasteiger partial charge in [-0.1, -0.05) is 0 Å². The van der Waals surface area contributed by atoms with E-state index in [2.05, 4.69) is 21.3 Å². The third-order valence-electron chi connectivity index (χ3n) is 0.652. The van der Waals surface area contributed by atoms with Crippen LogP contribution in [0.2, 0.25) is 0 Å². The van der Waals surface area contributed by atoms with Crippen molar-refractivity contribution in [2.45, 2.75) is 6.92 Å². The Morgan fingerprint density at radius 3 is 2.86 bits per heavy atom. The number of allylic oxidation sites excluding steroid dienone is 2. The predicted molar refractivity (Wildman–Crippen MR) is 33.5 cm³/mol. The van der Waals surface area contributed by atoms with E-state index in [9.17, 15) is 0 Å². The van der Waals surface area contributed by atoms with E-state index in [-0.39, 0.29) is 17.1 Å². The van der Waals surface area contributed by atoms with E-state index in [1.165, 1.54) is 4.91 Å². The van der Waals surface area contributed by atoms with Gasteiger partial charge in [0.25, 0.3) is 0 Å². The summed E-state index contributed by atoms with van der Waals surface area (Å²) in [6.07, 6.45) is 2.23. The molecule has 1 rings (SSSR count). The van der Waals surface area contributed by atoms with E-state index in [4.69, 9.17) is 0 Å². The zero-order valence-corrected chi connectivity index (χ0v) is 7.55. The molecule has 0 N–H and O–H groups in total. The molecule has 0 bridgehead atoms. The van der Waals surface area contributed by atoms with E-state index in [1.807, 2.05) is 11.8 Å². The van der Waals surface area contributed by atoms with Crippen molar-refractivity contribution in [2.75, 3.05) is 0 Å². The van der Waals surface area contributed by atoms with Gasteiger partial charge in [-0.15, -0.1) is 0 Å². The fraction of sp³-hybridized carbons (Fsp3) is 0.200. The van der Waals surface area contributed by atoms with Crippen LogP contribution in [-0.2, 0) is 17.1 Å². The Kier molecular flexibility index (Phi) is 2.18. The van der Waals surface area contributed by atoms with Crippen LogP contribution in [0.3, 0.4) is 0 Å². The summed E-state index contributed by atoms with van der Waals surface area (Å²) in [4.78, 5) is 1.43. The Hall–Kier alpha value is 0.492. The Morgan fingerprint density at radius 1 is 1.71 bits per heavy atom. The molecule has 0 saturated heterocycles. The summed E-state index contributed by atoms with van der Waals surface area (Å²) in [5, 5.41) is 0. The Morgan fingerprint density at radius 2 is 2.57 bits per heavy atom. The van der Waals surface area contributed by atoms with Gasteiger partial charge in [0.1, 0.15) is 0 Å². The van der Waals surface area contributed by atoms with Crippen LogP contribution in [-0.4, -0.2) is 8.30 Å². The molecule has 0 fully saturated rings. The zero-order chi connectivity index (χ0) is 5.11. The standard InChI is InChI=1S/C5H6S.Re/c1-4-5(2)6-3;/h1,3-4H,2H3;. The molecule has 0 amide bonds. The van der Waals surface area contributed by atoms with Gasteiger partial charge in [0.2, 0.25) is 0 Å². The Labute approximate surface area is 55.2 Å². The normalized spacial score (nSPS) is 18.1. The molecule has 1 aliphatic heterocycles. The summed E-state index contributed by atoms with van der Waals surface area (Å²) >= 11 is 1.90.